The molecule has 70 valence electrons. The van der Waals surface area contributed by atoms with Crippen LogP contribution < -0.4 is 0 Å². The zero-order valence-electron chi connectivity index (χ0n) is 7.36. The summed E-state index contributed by atoms with van der Waals surface area (Å²) in [5.74, 6) is 0. The van der Waals surface area contributed by atoms with Gasteiger partial charge in [0.05, 0.1) is 0 Å². The Kier molecular flexibility index (Phi) is 3.65. The summed E-state index contributed by atoms with van der Waals surface area (Å²) in [6.45, 7) is 4.89. The average Bonchev–Trinajstić information content (AvgIpc) is 2.83. The van der Waals surface area contributed by atoms with Gasteiger partial charge >= 0.3 is 0 Å². The molecule has 12 heavy (non-hydrogen) atoms. The predicted molar refractivity (Wildman–Crippen MR) is 41.8 cm³/mol. The SMILES string of the molecule is CCOC(OCC)[C@@H]1O[C@@H]1C=O. The number of rotatable bonds is 6. The summed E-state index contributed by atoms with van der Waals surface area (Å²) < 4.78 is 15.5. The fourth-order valence-electron chi connectivity index (χ4n) is 1.03. The molecule has 0 bridgehead atoms. The molecule has 0 amide bonds. The minimum absolute atomic E-state index is 0.192. The van der Waals surface area contributed by atoms with E-state index in [1.807, 2.05) is 13.8 Å². The van der Waals surface area contributed by atoms with Gasteiger partial charge in [-0.15, -0.1) is 0 Å². The number of ether oxygens (including phenoxy) is 3. The molecule has 0 spiro atoms. The van der Waals surface area contributed by atoms with Crippen LogP contribution in [-0.2, 0) is 19.0 Å². The van der Waals surface area contributed by atoms with Gasteiger partial charge in [-0.25, -0.2) is 0 Å². The second-order valence-electron chi connectivity index (χ2n) is 2.48. The molecule has 1 saturated heterocycles. The van der Waals surface area contributed by atoms with Gasteiger partial charge in [-0.2, -0.15) is 0 Å². The Morgan fingerprint density at radius 3 is 2.33 bits per heavy atom. The molecular formula is C8H14O4. The topological polar surface area (TPSA) is 48.1 Å². The number of carbonyl (C=O) groups excluding carboxylic acids is 1. The Labute approximate surface area is 71.8 Å². The number of aldehydes is 1. The Hall–Kier alpha value is -0.450. The molecule has 0 aromatic rings. The van der Waals surface area contributed by atoms with Gasteiger partial charge in [0.15, 0.2) is 12.6 Å². The normalized spacial score (nSPS) is 27.6. The molecule has 0 radical (unpaired) electrons. The number of carbonyl (C=O) groups is 1. The monoisotopic (exact) mass is 174 g/mol. The molecule has 0 aromatic carbocycles. The third-order valence-corrected chi connectivity index (χ3v) is 1.63. The van der Waals surface area contributed by atoms with E-state index < -0.39 is 0 Å². The van der Waals surface area contributed by atoms with Crippen LogP contribution in [0.5, 0.6) is 0 Å². The molecule has 2 atom stereocenters. The Bertz CT molecular complexity index is 142. The first-order chi connectivity index (χ1) is 5.83. The van der Waals surface area contributed by atoms with Gasteiger partial charge in [0.25, 0.3) is 0 Å². The first kappa shape index (κ1) is 9.64. The first-order valence-corrected chi connectivity index (χ1v) is 4.17. The smallest absolute Gasteiger partial charge is 0.186 e. The third kappa shape index (κ3) is 2.27. The zero-order chi connectivity index (χ0) is 8.97. The Morgan fingerprint density at radius 2 is 2.00 bits per heavy atom. The van der Waals surface area contributed by atoms with Crippen LogP contribution in [0.4, 0.5) is 0 Å². The largest absolute Gasteiger partial charge is 0.356 e. The van der Waals surface area contributed by atoms with Crippen LogP contribution in [0.1, 0.15) is 13.8 Å². The molecule has 1 aliphatic rings. The van der Waals surface area contributed by atoms with Crippen LogP contribution in [0, 0.1) is 0 Å². The van der Waals surface area contributed by atoms with Crippen LogP contribution >= 0.6 is 0 Å². The first-order valence-electron chi connectivity index (χ1n) is 4.17. The van der Waals surface area contributed by atoms with Gasteiger partial charge in [0.2, 0.25) is 0 Å². The summed E-state index contributed by atoms with van der Waals surface area (Å²) in [7, 11) is 0. The molecule has 1 heterocycles. The van der Waals surface area contributed by atoms with Crippen molar-refractivity contribution in [2.45, 2.75) is 32.3 Å². The van der Waals surface area contributed by atoms with Crippen molar-refractivity contribution in [1.82, 2.24) is 0 Å². The van der Waals surface area contributed by atoms with Crippen LogP contribution in [0.2, 0.25) is 0 Å². The number of hydrogen-bond donors (Lipinski definition) is 0. The van der Waals surface area contributed by atoms with Gasteiger partial charge in [0, 0.05) is 13.2 Å². The van der Waals surface area contributed by atoms with E-state index in [0.29, 0.717) is 13.2 Å². The van der Waals surface area contributed by atoms with Gasteiger partial charge in [-0.1, -0.05) is 0 Å². The van der Waals surface area contributed by atoms with Crippen LogP contribution in [0.15, 0.2) is 0 Å². The minimum atomic E-state index is -0.379. The number of hydrogen-bond acceptors (Lipinski definition) is 4. The van der Waals surface area contributed by atoms with Crippen LogP contribution in [-0.4, -0.2) is 38.0 Å². The van der Waals surface area contributed by atoms with Crippen molar-refractivity contribution in [3.05, 3.63) is 0 Å². The molecule has 1 fully saturated rings. The van der Waals surface area contributed by atoms with E-state index in [-0.39, 0.29) is 18.5 Å². The summed E-state index contributed by atoms with van der Waals surface area (Å²) in [4.78, 5) is 10.3. The van der Waals surface area contributed by atoms with Crippen molar-refractivity contribution in [3.63, 3.8) is 0 Å². The fourth-order valence-corrected chi connectivity index (χ4v) is 1.03. The molecule has 4 nitrogen and oxygen atoms in total. The highest BCUT2D eigenvalue weighted by Crippen LogP contribution is 2.26. The van der Waals surface area contributed by atoms with Gasteiger partial charge < -0.3 is 19.0 Å². The molecular weight excluding hydrogens is 160 g/mol. The Balaban J connectivity index is 2.28. The zero-order valence-corrected chi connectivity index (χ0v) is 7.36. The lowest BCUT2D eigenvalue weighted by Crippen LogP contribution is -2.25. The Morgan fingerprint density at radius 1 is 1.42 bits per heavy atom. The van der Waals surface area contributed by atoms with E-state index >= 15 is 0 Å². The molecule has 0 N–H and O–H groups in total. The lowest BCUT2D eigenvalue weighted by Gasteiger charge is -2.13. The van der Waals surface area contributed by atoms with Crippen molar-refractivity contribution >= 4 is 6.29 Å². The molecule has 4 heteroatoms. The maximum Gasteiger partial charge on any atom is 0.186 e. The second-order valence-corrected chi connectivity index (χ2v) is 2.48. The van der Waals surface area contributed by atoms with Crippen LogP contribution in [0.3, 0.4) is 0 Å². The molecule has 0 saturated carbocycles. The highest BCUT2D eigenvalue weighted by molar-refractivity contribution is 5.60. The molecule has 1 rings (SSSR count). The second kappa shape index (κ2) is 4.54. The maximum atomic E-state index is 10.3. The van der Waals surface area contributed by atoms with Crippen molar-refractivity contribution < 1.29 is 19.0 Å². The van der Waals surface area contributed by atoms with Crippen molar-refractivity contribution in [2.24, 2.45) is 0 Å². The van der Waals surface area contributed by atoms with Gasteiger partial charge in [-0.05, 0) is 13.8 Å². The molecule has 0 aliphatic carbocycles. The molecule has 0 aromatic heterocycles. The highest BCUT2D eigenvalue weighted by atomic mass is 16.7. The van der Waals surface area contributed by atoms with E-state index in [4.69, 9.17) is 14.2 Å². The number of epoxide rings is 1. The summed E-state index contributed by atoms with van der Waals surface area (Å²) in [5, 5.41) is 0. The van der Waals surface area contributed by atoms with Gasteiger partial charge in [0.1, 0.15) is 12.2 Å². The fraction of sp³-hybridized carbons (Fsp3) is 0.875. The van der Waals surface area contributed by atoms with Gasteiger partial charge in [-0.3, -0.25) is 0 Å². The molecule has 0 unspecified atom stereocenters. The van der Waals surface area contributed by atoms with Crippen LogP contribution in [0.25, 0.3) is 0 Å². The third-order valence-electron chi connectivity index (χ3n) is 1.63. The summed E-state index contributed by atoms with van der Waals surface area (Å²) >= 11 is 0. The molecule has 1 aliphatic heterocycles. The van der Waals surface area contributed by atoms with Crippen molar-refractivity contribution in [1.29, 1.82) is 0 Å². The highest BCUT2D eigenvalue weighted by Gasteiger charge is 2.46. The summed E-state index contributed by atoms with van der Waals surface area (Å²) in [6, 6.07) is 0. The predicted octanol–water partition coefficient (Wildman–Crippen LogP) is 0.352. The van der Waals surface area contributed by atoms with E-state index in [0.717, 1.165) is 6.29 Å². The average molecular weight is 174 g/mol. The van der Waals surface area contributed by atoms with E-state index in [2.05, 4.69) is 0 Å². The summed E-state index contributed by atoms with van der Waals surface area (Å²) in [5.41, 5.74) is 0. The minimum Gasteiger partial charge on any atom is -0.356 e. The van der Waals surface area contributed by atoms with E-state index in [1.54, 1.807) is 0 Å². The van der Waals surface area contributed by atoms with E-state index in [9.17, 15) is 4.79 Å². The lowest BCUT2D eigenvalue weighted by molar-refractivity contribution is -0.147. The van der Waals surface area contributed by atoms with Crippen molar-refractivity contribution in [2.75, 3.05) is 13.2 Å². The quantitative estimate of drug-likeness (QED) is 0.331. The van der Waals surface area contributed by atoms with Crippen molar-refractivity contribution in [3.8, 4) is 0 Å². The standard InChI is InChI=1S/C8H14O4/c1-3-10-8(11-4-2)7-6(5-9)12-7/h5-8H,3-4H2,1-2H3/t6-,7-/m1/s1. The lowest BCUT2D eigenvalue weighted by atomic mass is 10.3. The van der Waals surface area contributed by atoms with E-state index in [1.165, 1.54) is 0 Å². The maximum absolute atomic E-state index is 10.3. The summed E-state index contributed by atoms with van der Waals surface area (Å²) in [6.07, 6.45) is -0.124.